The Hall–Kier alpha value is -2.67. The molecule has 3 aliphatic heterocycles. The van der Waals surface area contributed by atoms with Gasteiger partial charge in [0.1, 0.15) is 0 Å². The summed E-state index contributed by atoms with van der Waals surface area (Å²) in [6, 6.07) is 12.4. The normalized spacial score (nSPS) is 19.9. The number of hydrogen-bond acceptors (Lipinski definition) is 5. The van der Waals surface area contributed by atoms with Crippen molar-refractivity contribution in [3.63, 3.8) is 0 Å². The highest BCUT2D eigenvalue weighted by Gasteiger charge is 2.41. The third-order valence-corrected chi connectivity index (χ3v) is 7.45. The molecule has 0 unspecified atom stereocenters. The van der Waals surface area contributed by atoms with Gasteiger partial charge in [-0.05, 0) is 36.2 Å². The lowest BCUT2D eigenvalue weighted by atomic mass is 9.91. The van der Waals surface area contributed by atoms with E-state index < -0.39 is 10.0 Å². The summed E-state index contributed by atoms with van der Waals surface area (Å²) >= 11 is 0. The second kappa shape index (κ2) is 5.67. The van der Waals surface area contributed by atoms with Gasteiger partial charge >= 0.3 is 0 Å². The molecule has 0 amide bonds. The smallest absolute Gasteiger partial charge is 0.264 e. The highest BCUT2D eigenvalue weighted by atomic mass is 32.2. The number of rotatable bonds is 2. The van der Waals surface area contributed by atoms with Gasteiger partial charge in [0.05, 0.1) is 21.8 Å². The van der Waals surface area contributed by atoms with Crippen LogP contribution < -0.4 is 9.21 Å². The van der Waals surface area contributed by atoms with Crippen LogP contribution in [0.2, 0.25) is 0 Å². The van der Waals surface area contributed by atoms with Gasteiger partial charge in [0.25, 0.3) is 10.0 Å². The van der Waals surface area contributed by atoms with Gasteiger partial charge in [-0.15, -0.1) is 0 Å². The number of fused-ring (bicyclic) bond motifs is 4. The lowest BCUT2D eigenvalue weighted by Gasteiger charge is -2.34. The quantitative estimate of drug-likeness (QED) is 0.784. The van der Waals surface area contributed by atoms with Crippen molar-refractivity contribution >= 4 is 33.0 Å². The summed E-state index contributed by atoms with van der Waals surface area (Å²) in [5, 5.41) is 0. The van der Waals surface area contributed by atoms with Crippen molar-refractivity contribution < 1.29 is 13.2 Å². The standard InChI is InChI=1S/C21H21N3O3S/c1-21(2)12-22-20-19(25)16-11-15(7-8-18(16)23(20)13-21)28(26,27)24-10-9-14-5-3-4-6-17(14)24/h3-8,11H,9-10,12-13H2,1-2H3. The summed E-state index contributed by atoms with van der Waals surface area (Å²) in [4.78, 5) is 19.4. The van der Waals surface area contributed by atoms with Crippen LogP contribution in [0.5, 0.6) is 0 Å². The van der Waals surface area contributed by atoms with Crippen LogP contribution in [0.25, 0.3) is 0 Å². The Bertz CT molecular complexity index is 1150. The van der Waals surface area contributed by atoms with Gasteiger partial charge < -0.3 is 4.90 Å². The Labute approximate surface area is 164 Å². The number of nitrogens with zero attached hydrogens (tertiary/aromatic N) is 3. The third kappa shape index (κ3) is 2.42. The third-order valence-electron chi connectivity index (χ3n) is 5.64. The number of benzene rings is 2. The molecule has 0 fully saturated rings. The number of anilines is 2. The first-order valence-corrected chi connectivity index (χ1v) is 10.8. The van der Waals surface area contributed by atoms with Crippen LogP contribution in [0, 0.1) is 5.41 Å². The fraction of sp³-hybridized carbons (Fsp3) is 0.333. The zero-order valence-corrected chi connectivity index (χ0v) is 16.7. The van der Waals surface area contributed by atoms with Gasteiger partial charge in [0.15, 0.2) is 5.84 Å². The molecule has 0 N–H and O–H groups in total. The minimum absolute atomic E-state index is 0.0323. The molecule has 144 valence electrons. The van der Waals surface area contributed by atoms with Crippen molar-refractivity contribution in [1.82, 2.24) is 0 Å². The van der Waals surface area contributed by atoms with Crippen LogP contribution in [-0.2, 0) is 16.4 Å². The maximum atomic E-state index is 13.3. The molecule has 5 rings (SSSR count). The summed E-state index contributed by atoms with van der Waals surface area (Å²) in [6.07, 6.45) is 0.693. The molecule has 0 radical (unpaired) electrons. The SMILES string of the molecule is CC1(C)CN=C2C(=O)c3cc(S(=O)(=O)N4CCc5ccccc54)ccc3N2C1. The van der Waals surface area contributed by atoms with E-state index in [1.165, 1.54) is 10.4 Å². The molecule has 6 nitrogen and oxygen atoms in total. The number of Topliss-reactive ketones (excluding diaryl/α,β-unsaturated/α-hetero) is 1. The van der Waals surface area contributed by atoms with Gasteiger partial charge in [-0.1, -0.05) is 32.0 Å². The van der Waals surface area contributed by atoms with Crippen molar-refractivity contribution in [3.8, 4) is 0 Å². The van der Waals surface area contributed by atoms with Crippen molar-refractivity contribution in [2.24, 2.45) is 10.4 Å². The first kappa shape index (κ1) is 17.4. The fourth-order valence-corrected chi connectivity index (χ4v) is 5.75. The first-order chi connectivity index (χ1) is 13.3. The molecule has 2 aromatic rings. The van der Waals surface area contributed by atoms with Crippen molar-refractivity contribution in [2.75, 3.05) is 28.8 Å². The zero-order valence-electron chi connectivity index (χ0n) is 15.8. The molecule has 0 bridgehead atoms. The lowest BCUT2D eigenvalue weighted by molar-refractivity contribution is 0.106. The van der Waals surface area contributed by atoms with E-state index in [-0.39, 0.29) is 16.1 Å². The van der Waals surface area contributed by atoms with Crippen LogP contribution in [0.3, 0.4) is 0 Å². The van der Waals surface area contributed by atoms with Gasteiger partial charge in [-0.3, -0.25) is 14.1 Å². The summed E-state index contributed by atoms with van der Waals surface area (Å²) in [5.74, 6) is 0.236. The molecule has 0 saturated heterocycles. The molecule has 0 atom stereocenters. The van der Waals surface area contributed by atoms with Crippen LogP contribution in [0.1, 0.15) is 29.8 Å². The Morgan fingerprint density at radius 2 is 1.86 bits per heavy atom. The lowest BCUT2D eigenvalue weighted by Crippen LogP contribution is -2.44. The van der Waals surface area contributed by atoms with Gasteiger partial charge in [-0.2, -0.15) is 0 Å². The second-order valence-corrected chi connectivity index (χ2v) is 10.2. The Morgan fingerprint density at radius 3 is 2.68 bits per heavy atom. The summed E-state index contributed by atoms with van der Waals surface area (Å²) in [6.45, 7) is 5.92. The predicted octanol–water partition coefficient (Wildman–Crippen LogP) is 2.88. The van der Waals surface area contributed by atoms with Crippen molar-refractivity contribution in [1.29, 1.82) is 0 Å². The maximum absolute atomic E-state index is 13.3. The molecule has 28 heavy (non-hydrogen) atoms. The maximum Gasteiger partial charge on any atom is 0.264 e. The number of hydrogen-bond donors (Lipinski definition) is 0. The number of amidine groups is 1. The molecule has 3 heterocycles. The number of carbonyl (C=O) groups excluding carboxylic acids is 1. The van der Waals surface area contributed by atoms with E-state index in [9.17, 15) is 13.2 Å². The highest BCUT2D eigenvalue weighted by Crippen LogP contribution is 2.38. The Morgan fingerprint density at radius 1 is 1.07 bits per heavy atom. The number of para-hydroxylation sites is 1. The zero-order chi connectivity index (χ0) is 19.7. The molecule has 3 aliphatic rings. The second-order valence-electron chi connectivity index (χ2n) is 8.35. The predicted molar refractivity (Wildman–Crippen MR) is 109 cm³/mol. The topological polar surface area (TPSA) is 70.0 Å². The van der Waals surface area contributed by atoms with Crippen LogP contribution in [0.4, 0.5) is 11.4 Å². The molecular formula is C21H21N3O3S. The molecule has 0 saturated carbocycles. The summed E-state index contributed by atoms with van der Waals surface area (Å²) in [5.41, 5.74) is 2.88. The Balaban J connectivity index is 1.57. The molecule has 0 aliphatic carbocycles. The van der Waals surface area contributed by atoms with Gasteiger partial charge in [0, 0.05) is 25.0 Å². The van der Waals surface area contributed by atoms with E-state index in [1.54, 1.807) is 12.1 Å². The molecule has 7 heteroatoms. The average Bonchev–Trinajstić information content (AvgIpc) is 3.21. The van der Waals surface area contributed by atoms with Crippen molar-refractivity contribution in [2.45, 2.75) is 25.2 Å². The van der Waals surface area contributed by atoms with E-state index in [4.69, 9.17) is 0 Å². The highest BCUT2D eigenvalue weighted by molar-refractivity contribution is 7.92. The number of carbonyl (C=O) groups is 1. The van der Waals surface area contributed by atoms with Gasteiger partial charge in [-0.25, -0.2) is 8.42 Å². The fourth-order valence-electron chi connectivity index (χ4n) is 4.22. The van der Waals surface area contributed by atoms with E-state index in [2.05, 4.69) is 18.8 Å². The Kier molecular flexibility index (Phi) is 3.53. The number of aliphatic imine (C=N–C) groups is 1. The van der Waals surface area contributed by atoms with E-state index >= 15 is 0 Å². The first-order valence-electron chi connectivity index (χ1n) is 9.39. The average molecular weight is 395 g/mol. The van der Waals surface area contributed by atoms with Crippen LogP contribution in [-0.4, -0.2) is 39.7 Å². The molecular weight excluding hydrogens is 374 g/mol. The van der Waals surface area contributed by atoms with E-state index in [0.29, 0.717) is 37.5 Å². The van der Waals surface area contributed by atoms with E-state index in [0.717, 1.165) is 16.9 Å². The number of sulfonamides is 1. The van der Waals surface area contributed by atoms with Crippen LogP contribution in [0.15, 0.2) is 52.4 Å². The van der Waals surface area contributed by atoms with E-state index in [1.807, 2.05) is 29.2 Å². The molecule has 2 aromatic carbocycles. The molecule has 0 aromatic heterocycles. The van der Waals surface area contributed by atoms with Crippen molar-refractivity contribution in [3.05, 3.63) is 53.6 Å². The van der Waals surface area contributed by atoms with Gasteiger partial charge in [0.2, 0.25) is 5.78 Å². The monoisotopic (exact) mass is 395 g/mol. The number of ketones is 1. The summed E-state index contributed by atoms with van der Waals surface area (Å²) < 4.78 is 28.0. The summed E-state index contributed by atoms with van der Waals surface area (Å²) in [7, 11) is -3.73. The minimum Gasteiger partial charge on any atom is -0.322 e. The molecule has 0 spiro atoms. The minimum atomic E-state index is -3.73. The van der Waals surface area contributed by atoms with Crippen LogP contribution >= 0.6 is 0 Å². The largest absolute Gasteiger partial charge is 0.322 e.